The summed E-state index contributed by atoms with van der Waals surface area (Å²) in [6, 6.07) is 40.0. The van der Waals surface area contributed by atoms with E-state index >= 15 is 0 Å². The van der Waals surface area contributed by atoms with Gasteiger partial charge in [0.2, 0.25) is 10.0 Å². The molecule has 8 nitrogen and oxygen atoms in total. The van der Waals surface area contributed by atoms with E-state index in [4.69, 9.17) is 62.8 Å². The summed E-state index contributed by atoms with van der Waals surface area (Å²) in [7, 11) is -2.17. The van der Waals surface area contributed by atoms with Crippen LogP contribution in [-0.2, 0) is 19.1 Å². The van der Waals surface area contributed by atoms with Gasteiger partial charge < -0.3 is 15.5 Å². The molecule has 58 heavy (non-hydrogen) atoms. The zero-order valence-corrected chi connectivity index (χ0v) is 37.9. The van der Waals surface area contributed by atoms with E-state index in [-0.39, 0.29) is 28.7 Å². The predicted molar refractivity (Wildman–Crippen MR) is 245 cm³/mol. The fourth-order valence-corrected chi connectivity index (χ4v) is 10.3. The maximum atomic E-state index is 12.5. The van der Waals surface area contributed by atoms with Crippen molar-refractivity contribution in [1.82, 2.24) is 4.72 Å². The van der Waals surface area contributed by atoms with Crippen LogP contribution in [0.2, 0.25) is 20.1 Å². The zero-order chi connectivity index (χ0) is 40.7. The van der Waals surface area contributed by atoms with Crippen molar-refractivity contribution < 1.29 is 16.8 Å². The van der Waals surface area contributed by atoms with Gasteiger partial charge in [0.05, 0.1) is 32.5 Å². The Morgan fingerprint density at radius 3 is 1.36 bits per heavy atom. The molecule has 2 heterocycles. The lowest BCUT2D eigenvalue weighted by Crippen LogP contribution is -2.33. The van der Waals surface area contributed by atoms with E-state index in [1.807, 2.05) is 48.5 Å². The van der Waals surface area contributed by atoms with Gasteiger partial charge in [0.25, 0.3) is 9.05 Å². The number of nitrogens with two attached hydrogens (primary N) is 1. The number of hydrogen-bond acceptors (Lipinski definition) is 9. The van der Waals surface area contributed by atoms with Gasteiger partial charge in [-0.1, -0.05) is 94.2 Å². The van der Waals surface area contributed by atoms with Crippen molar-refractivity contribution in [2.75, 3.05) is 36.0 Å². The molecule has 0 amide bonds. The number of hydrogen-bond donors (Lipinski definition) is 2. The van der Waals surface area contributed by atoms with Gasteiger partial charge in [0.15, 0.2) is 0 Å². The van der Waals surface area contributed by atoms with Crippen LogP contribution in [0.25, 0.3) is 0 Å². The van der Waals surface area contributed by atoms with E-state index in [9.17, 15) is 16.8 Å². The van der Waals surface area contributed by atoms with Crippen LogP contribution < -0.4 is 20.3 Å². The predicted octanol–water partition coefficient (Wildman–Crippen LogP) is 12.2. The first-order valence-electron chi connectivity index (χ1n) is 17.1. The highest BCUT2D eigenvalue weighted by atomic mass is 35.7. The van der Waals surface area contributed by atoms with Crippen LogP contribution in [-0.4, -0.2) is 43.0 Å². The molecule has 0 fully saturated rings. The van der Waals surface area contributed by atoms with Gasteiger partial charge in [-0.3, -0.25) is 0 Å². The third kappa shape index (κ3) is 11.7. The Labute approximate surface area is 377 Å². The van der Waals surface area contributed by atoms with Gasteiger partial charge in [-0.15, -0.1) is 12.4 Å². The molecule has 3 N–H and O–H groups in total. The third-order valence-electron chi connectivity index (χ3n) is 8.37. The maximum Gasteiger partial charge on any atom is 0.261 e. The van der Waals surface area contributed by atoms with E-state index in [0.29, 0.717) is 28.2 Å². The lowest BCUT2D eigenvalue weighted by atomic mass is 10.2. The Hall–Kier alpha value is -2.82. The first-order valence-corrected chi connectivity index (χ1v) is 24.0. The number of fused-ring (bicyclic) bond motifs is 4. The highest BCUT2D eigenvalue weighted by molar-refractivity contribution is 8.13. The van der Waals surface area contributed by atoms with Crippen molar-refractivity contribution in [3.63, 3.8) is 0 Å². The summed E-state index contributed by atoms with van der Waals surface area (Å²) >= 11 is 27.1. The van der Waals surface area contributed by atoms with E-state index in [2.05, 4.69) is 50.9 Å². The standard InChI is InChI=1S/C20H16Cl2N2O2S2.C14H13ClN2S.C6H4Cl2O2S.ClH/c21-14-5-8-16(9-6-14)28(25,26)23-11-12-24-17-3-1-2-4-19(17)27-20-10-7-15(22)13-18(20)24;15-10-5-6-14-12(9-10)17(8-7-16)11-3-1-2-4-13(11)18-14;7-5-1-3-6(4-2-5)11(8,9)10;/h1-10,13,23H,11-12H2;1-6,9H,7-8,16H2;1-4H;1H. The molecule has 18 heteroatoms. The topological polar surface area (TPSA) is 113 Å². The highest BCUT2D eigenvalue weighted by Crippen LogP contribution is 2.49. The number of nitrogens with zero attached hydrogens (tertiary/aromatic N) is 2. The molecule has 0 unspecified atom stereocenters. The number of rotatable bonds is 8. The minimum absolute atomic E-state index is 0. The van der Waals surface area contributed by atoms with Gasteiger partial charge in [0, 0.05) is 76.5 Å². The average Bonchev–Trinajstić information content (AvgIpc) is 3.18. The van der Waals surface area contributed by atoms with E-state index in [0.717, 1.165) is 38.4 Å². The van der Waals surface area contributed by atoms with Crippen LogP contribution in [0.4, 0.5) is 22.7 Å². The number of sulfonamides is 1. The molecule has 0 bridgehead atoms. The number of nitrogens with one attached hydrogen (secondary N) is 1. The molecule has 0 radical (unpaired) electrons. The van der Waals surface area contributed by atoms with Crippen molar-refractivity contribution in [1.29, 1.82) is 0 Å². The van der Waals surface area contributed by atoms with Gasteiger partial charge >= 0.3 is 0 Å². The molecule has 8 rings (SSSR count). The summed E-state index contributed by atoms with van der Waals surface area (Å²) in [5.74, 6) is 0. The van der Waals surface area contributed by atoms with Crippen molar-refractivity contribution in [2.45, 2.75) is 29.4 Å². The lowest BCUT2D eigenvalue weighted by Gasteiger charge is -2.33. The molecule has 6 aromatic rings. The lowest BCUT2D eigenvalue weighted by molar-refractivity contribution is 0.581. The normalized spacial score (nSPS) is 12.6. The first-order chi connectivity index (χ1) is 27.2. The largest absolute Gasteiger partial charge is 0.338 e. The van der Waals surface area contributed by atoms with Crippen LogP contribution in [0.15, 0.2) is 163 Å². The Morgan fingerprint density at radius 1 is 0.517 bits per heavy atom. The second-order valence-electron chi connectivity index (χ2n) is 12.2. The molecule has 0 saturated heterocycles. The number of para-hydroxylation sites is 2. The zero-order valence-electron chi connectivity index (χ0n) is 30.1. The SMILES string of the molecule is Cl.NCCN1c2ccccc2Sc2ccc(Cl)cc21.O=S(=O)(Cl)c1ccc(Cl)cc1.O=S(=O)(NCCN1c2ccccc2Sc2ccc(Cl)cc21)c1ccc(Cl)cc1. The van der Waals surface area contributed by atoms with Crippen LogP contribution in [0.3, 0.4) is 0 Å². The van der Waals surface area contributed by atoms with E-state index in [1.165, 1.54) is 51.9 Å². The van der Waals surface area contributed by atoms with Crippen LogP contribution >= 0.6 is 93.0 Å². The summed E-state index contributed by atoms with van der Waals surface area (Å²) in [5.41, 5.74) is 10.1. The molecule has 6 aromatic carbocycles. The highest BCUT2D eigenvalue weighted by Gasteiger charge is 2.25. The van der Waals surface area contributed by atoms with Crippen LogP contribution in [0.1, 0.15) is 0 Å². The van der Waals surface area contributed by atoms with Crippen LogP contribution in [0.5, 0.6) is 0 Å². The van der Waals surface area contributed by atoms with E-state index < -0.39 is 19.1 Å². The monoisotopic (exact) mass is 972 g/mol. The number of benzene rings is 6. The summed E-state index contributed by atoms with van der Waals surface area (Å²) in [6.45, 7) is 2.13. The molecule has 2 aliphatic heterocycles. The molecule has 0 atom stereocenters. The molecule has 304 valence electrons. The molecule has 0 aromatic heterocycles. The smallest absolute Gasteiger partial charge is 0.261 e. The summed E-state index contributed by atoms with van der Waals surface area (Å²) in [5, 5.41) is 2.38. The van der Waals surface area contributed by atoms with Gasteiger partial charge in [-0.05, 0) is 109 Å². The van der Waals surface area contributed by atoms with Gasteiger partial charge in [-0.2, -0.15) is 0 Å². The molecular formula is C40H34Cl6N4O4S4. The van der Waals surface area contributed by atoms with Crippen molar-refractivity contribution >= 4 is 135 Å². The quantitative estimate of drug-likeness (QED) is 0.144. The Kier molecular flexibility index (Phi) is 16.5. The van der Waals surface area contributed by atoms with Crippen LogP contribution in [0, 0.1) is 0 Å². The number of halogens is 6. The fourth-order valence-electron chi connectivity index (χ4n) is 5.80. The van der Waals surface area contributed by atoms with Crippen molar-refractivity contribution in [3.05, 3.63) is 154 Å². The number of anilines is 4. The van der Waals surface area contributed by atoms with Gasteiger partial charge in [0.1, 0.15) is 0 Å². The second kappa shape index (κ2) is 20.6. The second-order valence-corrected chi connectivity index (χ2v) is 20.4. The Balaban J connectivity index is 0.000000183. The molecular weight excluding hydrogens is 941 g/mol. The first kappa shape index (κ1) is 46.2. The fraction of sp³-hybridized carbons (Fsp3) is 0.100. The molecule has 0 saturated carbocycles. The molecule has 0 spiro atoms. The Bertz CT molecular complexity index is 2590. The summed E-state index contributed by atoms with van der Waals surface area (Å²) in [6.07, 6.45) is 0. The van der Waals surface area contributed by atoms with Crippen molar-refractivity contribution in [3.8, 4) is 0 Å². The Morgan fingerprint density at radius 2 is 0.914 bits per heavy atom. The summed E-state index contributed by atoms with van der Waals surface area (Å²) in [4.78, 5) is 9.29. The summed E-state index contributed by atoms with van der Waals surface area (Å²) < 4.78 is 49.1. The molecule has 0 aliphatic carbocycles. The van der Waals surface area contributed by atoms with Gasteiger partial charge in [-0.25, -0.2) is 21.6 Å². The minimum Gasteiger partial charge on any atom is -0.338 e. The third-order valence-corrected chi connectivity index (χ3v) is 14.5. The van der Waals surface area contributed by atoms with Crippen molar-refractivity contribution in [2.24, 2.45) is 5.73 Å². The molecule has 2 aliphatic rings. The average molecular weight is 976 g/mol. The minimum atomic E-state index is -3.61. The van der Waals surface area contributed by atoms with E-state index in [1.54, 1.807) is 35.7 Å². The maximum absolute atomic E-state index is 12.5.